The summed E-state index contributed by atoms with van der Waals surface area (Å²) in [5, 5.41) is 0. The molecule has 0 N–H and O–H groups in total. The molecule has 0 aromatic rings. The number of rotatable bonds is 1. The van der Waals surface area contributed by atoms with Crippen LogP contribution in [0.25, 0.3) is 0 Å². The van der Waals surface area contributed by atoms with Crippen LogP contribution in [0.5, 0.6) is 0 Å². The second-order valence-electron chi connectivity index (χ2n) is 1.17. The SMILES string of the molecule is PN=BC1CO1. The third-order valence-electron chi connectivity index (χ3n) is 0.611. The van der Waals surface area contributed by atoms with Crippen LogP contribution in [-0.4, -0.2) is 19.7 Å². The molecule has 0 bridgehead atoms. The zero-order valence-corrected chi connectivity index (χ0v) is 4.45. The van der Waals surface area contributed by atoms with Crippen LogP contribution in [0.4, 0.5) is 0 Å². The van der Waals surface area contributed by atoms with Gasteiger partial charge in [-0.3, -0.25) is 0 Å². The molecule has 1 saturated heterocycles. The molecule has 0 saturated carbocycles. The molecule has 2 nitrogen and oxygen atoms in total. The van der Waals surface area contributed by atoms with Gasteiger partial charge in [0.15, 0.2) is 0 Å². The molecule has 2 unspecified atom stereocenters. The predicted molar refractivity (Wildman–Crippen MR) is 27.6 cm³/mol. The summed E-state index contributed by atoms with van der Waals surface area (Å²) in [7, 11) is 4.02. The maximum atomic E-state index is 4.79. The Morgan fingerprint density at radius 2 is 2.67 bits per heavy atom. The minimum absolute atomic E-state index is 0.336. The van der Waals surface area contributed by atoms with Crippen LogP contribution in [-0.2, 0) is 4.74 Å². The molecule has 1 heterocycles. The van der Waals surface area contributed by atoms with Crippen molar-refractivity contribution < 1.29 is 4.74 Å². The second kappa shape index (κ2) is 1.81. The van der Waals surface area contributed by atoms with Crippen LogP contribution in [0.1, 0.15) is 0 Å². The van der Waals surface area contributed by atoms with Gasteiger partial charge in [-0.25, -0.2) is 0 Å². The first-order valence-corrected chi connectivity index (χ1v) is 2.30. The van der Waals surface area contributed by atoms with Crippen molar-refractivity contribution >= 4 is 16.5 Å². The summed E-state index contributed by atoms with van der Waals surface area (Å²) in [5.74, 6) is 0. The molecule has 1 fully saturated rings. The van der Waals surface area contributed by atoms with Crippen LogP contribution in [0.15, 0.2) is 4.67 Å². The van der Waals surface area contributed by atoms with Crippen molar-refractivity contribution in [2.24, 2.45) is 4.67 Å². The standard InChI is InChI=1S/C2H5BNOP/c6-4-3-2-1-5-2/h2H,1,6H2. The molecule has 1 aliphatic heterocycles. The Morgan fingerprint density at radius 3 is 2.83 bits per heavy atom. The first-order valence-electron chi connectivity index (χ1n) is 1.78. The first kappa shape index (κ1) is 4.41. The van der Waals surface area contributed by atoms with E-state index in [1.807, 2.05) is 0 Å². The first-order chi connectivity index (χ1) is 2.93. The average Bonchev–Trinajstić information content (AvgIpc) is 2.21. The molecule has 1 rings (SSSR count). The van der Waals surface area contributed by atoms with Crippen molar-refractivity contribution in [3.8, 4) is 0 Å². The molecular formula is C2H5BNOP. The molecule has 2 atom stereocenters. The van der Waals surface area contributed by atoms with Gasteiger partial charge in [0, 0.05) is 0 Å². The van der Waals surface area contributed by atoms with Crippen LogP contribution in [0, 0.1) is 0 Å². The maximum absolute atomic E-state index is 4.79. The Hall–Kier alpha value is 0.255. The fraction of sp³-hybridized carbons (Fsp3) is 1.00. The van der Waals surface area contributed by atoms with Gasteiger partial charge in [-0.2, -0.15) is 0 Å². The van der Waals surface area contributed by atoms with E-state index in [1.54, 1.807) is 7.07 Å². The van der Waals surface area contributed by atoms with Gasteiger partial charge in [-0.15, -0.1) is 0 Å². The Labute approximate surface area is 39.5 Å². The molecule has 6 heavy (non-hydrogen) atoms. The molecule has 0 spiro atoms. The van der Waals surface area contributed by atoms with E-state index in [4.69, 9.17) is 4.74 Å². The van der Waals surface area contributed by atoms with E-state index in [2.05, 4.69) is 14.1 Å². The van der Waals surface area contributed by atoms with Gasteiger partial charge < -0.3 is 0 Å². The summed E-state index contributed by atoms with van der Waals surface area (Å²) in [6, 6.07) is 0.336. The van der Waals surface area contributed by atoms with Gasteiger partial charge >= 0.3 is 38.5 Å². The summed E-state index contributed by atoms with van der Waals surface area (Å²) in [5.41, 5.74) is 0. The van der Waals surface area contributed by atoms with Gasteiger partial charge in [0.1, 0.15) is 0 Å². The summed E-state index contributed by atoms with van der Waals surface area (Å²) >= 11 is 0. The van der Waals surface area contributed by atoms with E-state index in [9.17, 15) is 0 Å². The second-order valence-corrected chi connectivity index (χ2v) is 1.47. The van der Waals surface area contributed by atoms with Gasteiger partial charge in [0.05, 0.1) is 0 Å². The molecule has 32 valence electrons. The zero-order chi connectivity index (χ0) is 4.41. The van der Waals surface area contributed by atoms with E-state index in [0.29, 0.717) is 6.00 Å². The monoisotopic (exact) mass is 101 g/mol. The third kappa shape index (κ3) is 1.15. The van der Waals surface area contributed by atoms with E-state index in [1.165, 1.54) is 0 Å². The zero-order valence-electron chi connectivity index (χ0n) is 3.29. The Morgan fingerprint density at radius 1 is 2.00 bits per heavy atom. The van der Waals surface area contributed by atoms with E-state index in [0.717, 1.165) is 6.61 Å². The Balaban J connectivity index is 2.15. The van der Waals surface area contributed by atoms with Crippen LogP contribution in [0.2, 0.25) is 0 Å². The summed E-state index contributed by atoms with van der Waals surface area (Å²) in [6.45, 7) is 0.859. The van der Waals surface area contributed by atoms with Gasteiger partial charge in [0.2, 0.25) is 0 Å². The molecule has 1 aliphatic rings. The third-order valence-corrected chi connectivity index (χ3v) is 0.784. The molecule has 0 aromatic carbocycles. The number of epoxide rings is 1. The van der Waals surface area contributed by atoms with Crippen molar-refractivity contribution in [3.05, 3.63) is 0 Å². The van der Waals surface area contributed by atoms with E-state index >= 15 is 0 Å². The van der Waals surface area contributed by atoms with Crippen molar-refractivity contribution in [2.45, 2.75) is 6.00 Å². The van der Waals surface area contributed by atoms with Crippen molar-refractivity contribution in [1.82, 2.24) is 0 Å². The fourth-order valence-corrected chi connectivity index (χ4v) is 0.430. The molecule has 0 amide bonds. The van der Waals surface area contributed by atoms with Crippen LogP contribution < -0.4 is 0 Å². The van der Waals surface area contributed by atoms with Crippen LogP contribution in [0.3, 0.4) is 0 Å². The fourth-order valence-electron chi connectivity index (χ4n) is 0.238. The Kier molecular flexibility index (Phi) is 1.33. The summed E-state index contributed by atoms with van der Waals surface area (Å²) < 4.78 is 8.45. The van der Waals surface area contributed by atoms with E-state index < -0.39 is 0 Å². The van der Waals surface area contributed by atoms with Crippen molar-refractivity contribution in [1.29, 1.82) is 0 Å². The molecular weight excluding hydrogens is 95.8 g/mol. The normalized spacial score (nSPS) is 30.5. The van der Waals surface area contributed by atoms with Crippen molar-refractivity contribution in [2.75, 3.05) is 6.61 Å². The summed E-state index contributed by atoms with van der Waals surface area (Å²) in [6.07, 6.45) is 0. The topological polar surface area (TPSA) is 24.9 Å². The average molecular weight is 101 g/mol. The van der Waals surface area contributed by atoms with Gasteiger partial charge in [0.25, 0.3) is 0 Å². The summed E-state index contributed by atoms with van der Waals surface area (Å²) in [4.78, 5) is 0. The molecule has 4 heteroatoms. The van der Waals surface area contributed by atoms with E-state index in [-0.39, 0.29) is 0 Å². The molecule has 0 radical (unpaired) electrons. The van der Waals surface area contributed by atoms with Gasteiger partial charge in [-0.1, -0.05) is 0 Å². The number of hydrogen-bond acceptors (Lipinski definition) is 2. The number of hydrogen-bond donors (Lipinski definition) is 0. The van der Waals surface area contributed by atoms with Gasteiger partial charge in [-0.05, 0) is 0 Å². The molecule has 0 aromatic heterocycles. The molecule has 0 aliphatic carbocycles. The minimum atomic E-state index is 0.336. The quantitative estimate of drug-likeness (QED) is 0.259. The van der Waals surface area contributed by atoms with Crippen molar-refractivity contribution in [3.63, 3.8) is 0 Å². The number of ether oxygens (including phenoxy) is 1. The predicted octanol–water partition coefficient (Wildman–Crippen LogP) is 0.0206. The van der Waals surface area contributed by atoms with Crippen LogP contribution >= 0.6 is 9.39 Å². The Bertz CT molecular complexity index is 71.9. The number of nitrogens with zero attached hydrogens (tertiary/aromatic N) is 1.